The predicted molar refractivity (Wildman–Crippen MR) is 389 cm³/mol. The van der Waals surface area contributed by atoms with Crippen molar-refractivity contribution in [1.29, 1.82) is 0 Å². The Labute approximate surface area is 621 Å². The van der Waals surface area contributed by atoms with E-state index in [4.69, 9.17) is 34.8 Å². The lowest BCUT2D eigenvalue weighted by atomic mass is 10.1. The normalized spacial score (nSPS) is 10.6. The number of alkyl halides is 6. The molecule has 8 rings (SSSR count). The third-order valence-corrected chi connectivity index (χ3v) is 19.9. The minimum Gasteiger partial charge on any atom is -0.206 e. The van der Waals surface area contributed by atoms with Crippen LogP contribution < -0.4 is 0 Å². The average molecular weight is 2100 g/mol. The summed E-state index contributed by atoms with van der Waals surface area (Å²) >= 11 is 59.2. The third kappa shape index (κ3) is 29.7. The summed E-state index contributed by atoms with van der Waals surface area (Å²) in [6.07, 6.45) is -8.69. The van der Waals surface area contributed by atoms with Gasteiger partial charge in [-0.15, -0.1) is 0 Å². The zero-order chi connectivity index (χ0) is 66.8. The molecule has 0 spiro atoms. The maximum atomic E-state index is 12.9. The molecule has 0 aliphatic rings. The molecule has 0 fully saturated rings. The molecule has 8 aromatic rings. The summed E-state index contributed by atoms with van der Waals surface area (Å²) in [5, 5.41) is 1.33. The van der Waals surface area contributed by atoms with E-state index < -0.39 is 23.5 Å². The molecule has 86 heavy (non-hydrogen) atoms. The van der Waals surface area contributed by atoms with Crippen LogP contribution in [0.2, 0.25) is 15.1 Å². The molecular weight excluding hydrogens is 2050 g/mol. The largest absolute Gasteiger partial charge is 0.418 e. The first-order chi connectivity index (χ1) is 39.3. The number of aryl methyl sites for hydroxylation is 9. The lowest BCUT2D eigenvalue weighted by Gasteiger charge is -2.12. The van der Waals surface area contributed by atoms with Gasteiger partial charge in [0.1, 0.15) is 17.5 Å². The Hall–Kier alpha value is 0.240. The van der Waals surface area contributed by atoms with E-state index in [-0.39, 0.29) is 38.1 Å². The Bertz CT molecular complexity index is 2930. The summed E-state index contributed by atoms with van der Waals surface area (Å²) in [5.74, 6) is -0.529. The van der Waals surface area contributed by atoms with E-state index >= 15 is 0 Å². The fourth-order valence-corrected chi connectivity index (χ4v) is 16.2. The molecule has 0 bridgehead atoms. The third-order valence-electron chi connectivity index (χ3n) is 11.1. The lowest BCUT2D eigenvalue weighted by Crippen LogP contribution is -2.08. The predicted octanol–water partition coefficient (Wildman–Crippen LogP) is 31.2. The van der Waals surface area contributed by atoms with Gasteiger partial charge < -0.3 is 0 Å². The maximum Gasteiger partial charge on any atom is 0.418 e. The molecule has 0 atom stereocenters. The van der Waals surface area contributed by atoms with Gasteiger partial charge in [0.05, 0.1) is 30.1 Å². The van der Waals surface area contributed by atoms with Crippen LogP contribution in [0.5, 0.6) is 0 Å². The Morgan fingerprint density at radius 2 is 0.581 bits per heavy atom. The van der Waals surface area contributed by atoms with Crippen molar-refractivity contribution in [2.75, 3.05) is 0 Å². The van der Waals surface area contributed by atoms with Crippen LogP contribution in [-0.2, 0) is 12.4 Å². The first-order valence-corrected chi connectivity index (χ1v) is 35.4. The molecular formula is C61H49Br13Cl3F9. The zero-order valence-electron chi connectivity index (χ0n) is 46.7. The Morgan fingerprint density at radius 1 is 0.279 bits per heavy atom. The van der Waals surface area contributed by atoms with Crippen LogP contribution in [0.3, 0.4) is 0 Å². The van der Waals surface area contributed by atoms with Gasteiger partial charge in [-0.05, 0) is 282 Å². The van der Waals surface area contributed by atoms with Crippen LogP contribution in [0.4, 0.5) is 39.5 Å². The van der Waals surface area contributed by atoms with Crippen LogP contribution in [0.25, 0.3) is 0 Å². The second-order valence-electron chi connectivity index (χ2n) is 18.2. The van der Waals surface area contributed by atoms with E-state index in [1.165, 1.54) is 65.3 Å². The smallest absolute Gasteiger partial charge is 0.206 e. The van der Waals surface area contributed by atoms with Crippen molar-refractivity contribution in [2.45, 2.75) is 88.5 Å². The van der Waals surface area contributed by atoms with E-state index in [1.54, 1.807) is 45.0 Å². The number of benzene rings is 8. The lowest BCUT2D eigenvalue weighted by molar-refractivity contribution is -0.139. The van der Waals surface area contributed by atoms with E-state index in [9.17, 15) is 39.5 Å². The molecule has 0 saturated carbocycles. The molecule has 0 N–H and O–H groups in total. The van der Waals surface area contributed by atoms with Crippen molar-refractivity contribution in [3.05, 3.63) is 260 Å². The highest BCUT2D eigenvalue weighted by Crippen LogP contribution is 2.40. The molecule has 0 amide bonds. The summed E-state index contributed by atoms with van der Waals surface area (Å²) < 4.78 is 123. The molecule has 0 heterocycles. The highest BCUT2D eigenvalue weighted by molar-refractivity contribution is 9.12. The fourth-order valence-electron chi connectivity index (χ4n) is 6.62. The fraction of sp³-hybridized carbons (Fsp3) is 0.213. The quantitative estimate of drug-likeness (QED) is 0.105. The zero-order valence-corrected chi connectivity index (χ0v) is 69.6. The molecule has 0 unspecified atom stereocenters. The second kappa shape index (κ2) is 39.2. The number of hydrogen-bond acceptors (Lipinski definition) is 0. The summed E-state index contributed by atoms with van der Waals surface area (Å²) in [6, 6.07) is 27.7. The van der Waals surface area contributed by atoms with Crippen molar-refractivity contribution >= 4 is 242 Å². The van der Waals surface area contributed by atoms with Crippen LogP contribution in [0, 0.1) is 93.6 Å². The van der Waals surface area contributed by atoms with E-state index in [2.05, 4.69) is 239 Å². The van der Waals surface area contributed by atoms with Gasteiger partial charge >= 0.3 is 12.4 Å². The summed E-state index contributed by atoms with van der Waals surface area (Å²) in [6.45, 7) is 20.1. The van der Waals surface area contributed by atoms with Gasteiger partial charge in [-0.2, -0.15) is 26.3 Å². The SMILES string of the molecule is Cc1cc(Br)cc(Br)c1C.Cc1cc(Br)cc(Br)c1C(F)(F)F.Cc1cc(Br)cc(Br)c1Cl.Cc1cc(Br)cc(Br)c1F.Cc1cc(Br)cc(C)c1F.Cc1cc(Br)cc(Cl)c1C.Cc1cc(Br)cc(Cl)c1C(F)(F)F.Cc1cc(Br)cc(F)c1Br. The van der Waals surface area contributed by atoms with Crippen LogP contribution >= 0.6 is 242 Å². The highest BCUT2D eigenvalue weighted by atomic mass is 79.9. The van der Waals surface area contributed by atoms with E-state index in [0.29, 0.717) is 34.6 Å². The first-order valence-electron chi connectivity index (χ1n) is 24.0. The highest BCUT2D eigenvalue weighted by Gasteiger charge is 2.36. The molecule has 0 aromatic heterocycles. The van der Waals surface area contributed by atoms with Crippen LogP contribution in [0.15, 0.2) is 155 Å². The minimum absolute atomic E-state index is 0.0619. The monoisotopic (exact) mass is 2080 g/mol. The van der Waals surface area contributed by atoms with Crippen LogP contribution in [0.1, 0.15) is 72.3 Å². The Morgan fingerprint density at radius 3 is 0.953 bits per heavy atom. The molecule has 0 radical (unpaired) electrons. The summed E-state index contributed by atoms with van der Waals surface area (Å²) in [4.78, 5) is 0. The van der Waals surface area contributed by atoms with Crippen molar-refractivity contribution in [3.63, 3.8) is 0 Å². The summed E-state index contributed by atoms with van der Waals surface area (Å²) in [5.41, 5.74) is 7.91. The van der Waals surface area contributed by atoms with Gasteiger partial charge in [-0.3, -0.25) is 0 Å². The first kappa shape index (κ1) is 84.3. The standard InChI is InChI=1S/C8H5Br2F3.C8H8Br2.C8H5BrClF3.C8H8BrCl.C8H8BrF.C7H5Br2Cl.2C7H5Br2F/c1-4-2-5(9)3-6(10)7(4)8(11,12)13;1-5-3-7(9)4-8(10)6(5)2;1-4-2-5(9)3-6(10)7(4)8(11,12)13;1-5-3-7(9)4-8(10)6(5)2;1-5-3-7(9)4-6(2)8(5)10;1-4-2-5(8)3-6(9)7(4)10;1-4-2-5(8)3-6(10)7(4)9;1-4-2-5(8)3-6(9)7(4)10/h2-3H,1H3;3-4H,1-2H3;2-3H,1H3;2*3-4H,1-2H3;3*2-3H,1H3. The van der Waals surface area contributed by atoms with Gasteiger partial charge in [0, 0.05) is 54.2 Å². The summed E-state index contributed by atoms with van der Waals surface area (Å²) in [7, 11) is 0. The molecule has 0 aliphatic heterocycles. The topological polar surface area (TPSA) is 0 Å². The van der Waals surface area contributed by atoms with Gasteiger partial charge in [0.25, 0.3) is 0 Å². The van der Waals surface area contributed by atoms with Gasteiger partial charge in [-0.25, -0.2) is 13.2 Å². The van der Waals surface area contributed by atoms with Crippen molar-refractivity contribution in [2.24, 2.45) is 0 Å². The number of rotatable bonds is 0. The van der Waals surface area contributed by atoms with E-state index in [0.717, 1.165) is 58.0 Å². The molecule has 0 aliphatic carbocycles. The Balaban J connectivity index is 0.000000493. The van der Waals surface area contributed by atoms with Crippen LogP contribution in [-0.4, -0.2) is 0 Å². The Kier molecular flexibility index (Phi) is 38.4. The average Bonchev–Trinajstić information content (AvgIpc) is 2.27. The number of halogens is 25. The van der Waals surface area contributed by atoms with Gasteiger partial charge in [0.15, 0.2) is 0 Å². The van der Waals surface area contributed by atoms with E-state index in [1.807, 2.05) is 52.0 Å². The van der Waals surface area contributed by atoms with Crippen molar-refractivity contribution in [3.8, 4) is 0 Å². The molecule has 0 saturated heterocycles. The minimum atomic E-state index is -4.39. The van der Waals surface area contributed by atoms with Gasteiger partial charge in [-0.1, -0.05) is 194 Å². The van der Waals surface area contributed by atoms with Crippen molar-refractivity contribution < 1.29 is 39.5 Å². The van der Waals surface area contributed by atoms with Crippen molar-refractivity contribution in [1.82, 2.24) is 0 Å². The van der Waals surface area contributed by atoms with Gasteiger partial charge in [0.2, 0.25) is 0 Å². The molecule has 0 nitrogen and oxygen atoms in total. The maximum absolute atomic E-state index is 12.9. The molecule has 8 aromatic carbocycles. The number of hydrogen-bond donors (Lipinski definition) is 0. The molecule has 25 heteroatoms. The molecule has 468 valence electrons. The second-order valence-corrected chi connectivity index (χ2v) is 31.0.